The molecule has 0 bridgehead atoms. The number of esters is 1. The van der Waals surface area contributed by atoms with Gasteiger partial charge in [0.15, 0.2) is 0 Å². The maximum Gasteiger partial charge on any atom is 0.306 e. The predicted molar refractivity (Wildman–Crippen MR) is 59.1 cm³/mol. The van der Waals surface area contributed by atoms with Gasteiger partial charge < -0.3 is 4.74 Å². The van der Waals surface area contributed by atoms with Crippen molar-refractivity contribution in [3.63, 3.8) is 0 Å². The van der Waals surface area contributed by atoms with E-state index in [-0.39, 0.29) is 5.97 Å². The molecule has 0 amide bonds. The summed E-state index contributed by atoms with van der Waals surface area (Å²) in [5.41, 5.74) is 1.18. The van der Waals surface area contributed by atoms with Gasteiger partial charge >= 0.3 is 5.97 Å². The van der Waals surface area contributed by atoms with Crippen molar-refractivity contribution in [3.05, 3.63) is 11.6 Å². The zero-order valence-corrected chi connectivity index (χ0v) is 9.80. The van der Waals surface area contributed by atoms with Crippen LogP contribution in [0.3, 0.4) is 0 Å². The van der Waals surface area contributed by atoms with Crippen LogP contribution in [0.2, 0.25) is 0 Å². The number of allylic oxidation sites excluding steroid dienone is 1. The van der Waals surface area contributed by atoms with E-state index in [4.69, 9.17) is 4.74 Å². The smallest absolute Gasteiger partial charge is 0.306 e. The van der Waals surface area contributed by atoms with Gasteiger partial charge in [0.25, 0.3) is 0 Å². The number of carbonyl (C=O) groups is 1. The largest absolute Gasteiger partial charge is 0.461 e. The minimum absolute atomic E-state index is 0.0804. The second kappa shape index (κ2) is 7.60. The van der Waals surface area contributed by atoms with Gasteiger partial charge in [-0.2, -0.15) is 0 Å². The molecule has 0 saturated heterocycles. The first kappa shape index (κ1) is 13.2. The highest BCUT2D eigenvalue weighted by Gasteiger charge is 2.02. The van der Waals surface area contributed by atoms with E-state index in [0.717, 1.165) is 12.8 Å². The van der Waals surface area contributed by atoms with Crippen molar-refractivity contribution in [2.24, 2.45) is 5.92 Å². The molecule has 0 aliphatic carbocycles. The van der Waals surface area contributed by atoms with E-state index < -0.39 is 0 Å². The molecule has 0 atom stereocenters. The lowest BCUT2D eigenvalue weighted by Crippen LogP contribution is -2.04. The van der Waals surface area contributed by atoms with Crippen molar-refractivity contribution in [3.8, 4) is 0 Å². The average Bonchev–Trinajstić information content (AvgIpc) is 2.02. The van der Waals surface area contributed by atoms with Crippen LogP contribution in [0.25, 0.3) is 0 Å². The van der Waals surface area contributed by atoms with E-state index in [9.17, 15) is 4.79 Å². The first-order valence-corrected chi connectivity index (χ1v) is 5.31. The third-order valence-electron chi connectivity index (χ3n) is 1.90. The van der Waals surface area contributed by atoms with Crippen molar-refractivity contribution >= 4 is 5.97 Å². The molecule has 0 radical (unpaired) electrons. The van der Waals surface area contributed by atoms with Crippen molar-refractivity contribution in [1.82, 2.24) is 0 Å². The van der Waals surface area contributed by atoms with Crippen molar-refractivity contribution in [2.75, 3.05) is 6.61 Å². The maximum atomic E-state index is 11.2. The minimum Gasteiger partial charge on any atom is -0.461 e. The zero-order chi connectivity index (χ0) is 11.0. The van der Waals surface area contributed by atoms with Crippen LogP contribution in [0.15, 0.2) is 11.6 Å². The molecule has 82 valence electrons. The Labute approximate surface area is 87.3 Å². The van der Waals surface area contributed by atoms with Gasteiger partial charge in [0.1, 0.15) is 6.61 Å². The van der Waals surface area contributed by atoms with Crippen LogP contribution in [-0.2, 0) is 9.53 Å². The topological polar surface area (TPSA) is 26.3 Å². The van der Waals surface area contributed by atoms with Gasteiger partial charge in [-0.15, -0.1) is 0 Å². The SMILES string of the molecule is CC(C)=CCOC(=O)CCCC(C)C. The molecular formula is C12H22O2. The van der Waals surface area contributed by atoms with E-state index in [0.29, 0.717) is 18.9 Å². The molecule has 2 heteroatoms. The standard InChI is InChI=1S/C12H22O2/c1-10(2)6-5-7-12(13)14-9-8-11(3)4/h8,10H,5-7,9H2,1-4H3. The number of rotatable bonds is 6. The highest BCUT2D eigenvalue weighted by Crippen LogP contribution is 2.06. The third kappa shape index (κ3) is 9.30. The van der Waals surface area contributed by atoms with Crippen molar-refractivity contribution in [2.45, 2.75) is 47.0 Å². The molecule has 0 aromatic heterocycles. The van der Waals surface area contributed by atoms with Crippen LogP contribution in [0, 0.1) is 5.92 Å². The van der Waals surface area contributed by atoms with Crippen molar-refractivity contribution in [1.29, 1.82) is 0 Å². The zero-order valence-electron chi connectivity index (χ0n) is 9.80. The fourth-order valence-electron chi connectivity index (χ4n) is 1.03. The number of hydrogen-bond donors (Lipinski definition) is 0. The molecule has 0 aromatic carbocycles. The van der Waals surface area contributed by atoms with E-state index >= 15 is 0 Å². The Morgan fingerprint density at radius 1 is 1.36 bits per heavy atom. The molecule has 14 heavy (non-hydrogen) atoms. The van der Waals surface area contributed by atoms with Crippen LogP contribution < -0.4 is 0 Å². The summed E-state index contributed by atoms with van der Waals surface area (Å²) in [6, 6.07) is 0. The molecule has 0 N–H and O–H groups in total. The summed E-state index contributed by atoms with van der Waals surface area (Å²) in [6.07, 6.45) is 4.50. The first-order valence-electron chi connectivity index (χ1n) is 5.31. The molecule has 0 unspecified atom stereocenters. The quantitative estimate of drug-likeness (QED) is 0.483. The summed E-state index contributed by atoms with van der Waals surface area (Å²) in [7, 11) is 0. The number of ether oxygens (including phenoxy) is 1. The van der Waals surface area contributed by atoms with Gasteiger partial charge in [0.05, 0.1) is 0 Å². The van der Waals surface area contributed by atoms with E-state index in [2.05, 4.69) is 13.8 Å². The van der Waals surface area contributed by atoms with Crippen LogP contribution in [0.5, 0.6) is 0 Å². The van der Waals surface area contributed by atoms with Gasteiger partial charge in [-0.3, -0.25) is 4.79 Å². The molecular weight excluding hydrogens is 176 g/mol. The lowest BCUT2D eigenvalue weighted by molar-refractivity contribution is -0.142. The van der Waals surface area contributed by atoms with Crippen molar-refractivity contribution < 1.29 is 9.53 Å². The molecule has 0 heterocycles. The normalized spacial score (nSPS) is 10.1. The van der Waals surface area contributed by atoms with Gasteiger partial charge in [-0.05, 0) is 32.3 Å². The average molecular weight is 198 g/mol. The van der Waals surface area contributed by atoms with Gasteiger partial charge in [-0.25, -0.2) is 0 Å². The van der Waals surface area contributed by atoms with Crippen LogP contribution in [0.4, 0.5) is 0 Å². The summed E-state index contributed by atoms with van der Waals surface area (Å²) in [6.45, 7) is 8.73. The van der Waals surface area contributed by atoms with E-state index in [1.807, 2.05) is 19.9 Å². The third-order valence-corrected chi connectivity index (χ3v) is 1.90. The van der Waals surface area contributed by atoms with Gasteiger partial charge in [0.2, 0.25) is 0 Å². The highest BCUT2D eigenvalue weighted by atomic mass is 16.5. The van der Waals surface area contributed by atoms with Gasteiger partial charge in [0, 0.05) is 6.42 Å². The monoisotopic (exact) mass is 198 g/mol. The van der Waals surface area contributed by atoms with Crippen LogP contribution in [-0.4, -0.2) is 12.6 Å². The lowest BCUT2D eigenvalue weighted by Gasteiger charge is -2.04. The Hall–Kier alpha value is -0.790. The van der Waals surface area contributed by atoms with Gasteiger partial charge in [-0.1, -0.05) is 25.8 Å². The second-order valence-electron chi connectivity index (χ2n) is 4.25. The second-order valence-corrected chi connectivity index (χ2v) is 4.25. The maximum absolute atomic E-state index is 11.2. The minimum atomic E-state index is -0.0804. The fourth-order valence-corrected chi connectivity index (χ4v) is 1.03. The summed E-state index contributed by atoms with van der Waals surface area (Å²) >= 11 is 0. The summed E-state index contributed by atoms with van der Waals surface area (Å²) in [4.78, 5) is 11.2. The van der Waals surface area contributed by atoms with E-state index in [1.54, 1.807) is 0 Å². The number of hydrogen-bond acceptors (Lipinski definition) is 2. The first-order chi connectivity index (χ1) is 6.52. The molecule has 0 aliphatic rings. The van der Waals surface area contributed by atoms with Crippen LogP contribution >= 0.6 is 0 Å². The molecule has 0 aromatic rings. The van der Waals surface area contributed by atoms with E-state index in [1.165, 1.54) is 5.57 Å². The Morgan fingerprint density at radius 3 is 2.50 bits per heavy atom. The summed E-state index contributed by atoms with van der Waals surface area (Å²) in [5, 5.41) is 0. The van der Waals surface area contributed by atoms with Crippen LogP contribution in [0.1, 0.15) is 47.0 Å². The Bertz CT molecular complexity index is 188. The molecule has 0 fully saturated rings. The number of carbonyl (C=O) groups excluding carboxylic acids is 1. The molecule has 0 rings (SSSR count). The molecule has 0 spiro atoms. The molecule has 2 nitrogen and oxygen atoms in total. The lowest BCUT2D eigenvalue weighted by atomic mass is 10.1. The highest BCUT2D eigenvalue weighted by molar-refractivity contribution is 5.69. The Balaban J connectivity index is 3.42. The summed E-state index contributed by atoms with van der Waals surface area (Å²) in [5.74, 6) is 0.587. The predicted octanol–water partition coefficient (Wildman–Crippen LogP) is 3.32. The molecule has 0 aliphatic heterocycles. The Kier molecular flexibility index (Phi) is 7.17. The fraction of sp³-hybridized carbons (Fsp3) is 0.750. The summed E-state index contributed by atoms with van der Waals surface area (Å²) < 4.78 is 5.02. The molecule has 0 saturated carbocycles. The Morgan fingerprint density at radius 2 is 2.00 bits per heavy atom.